The highest BCUT2D eigenvalue weighted by molar-refractivity contribution is 6.61. The number of rotatable bonds is 8. The molecule has 1 aromatic heterocycles. The van der Waals surface area contributed by atoms with Crippen LogP contribution in [0.1, 0.15) is 89.0 Å². The van der Waals surface area contributed by atoms with Crippen molar-refractivity contribution in [2.75, 3.05) is 18.0 Å². The zero-order chi connectivity index (χ0) is 29.3. The number of amides is 2. The standard InChI is InChI=1S/C28H48BN5O5/c1-18(2)22(32-25(36)37-26(5,6)7)23(35)33-14-12-13-21(33)17-34(19(3)4)24-30-15-20(16-31-24)29-38-27(8,9)28(10,11)39-29/h15-16,18-19,21-22H,12-14,17H2,1-11H3,(H,32,36)/t21-,22+/m1/s1. The van der Waals surface area contributed by atoms with Gasteiger partial charge in [0.1, 0.15) is 11.6 Å². The summed E-state index contributed by atoms with van der Waals surface area (Å²) in [5.41, 5.74) is -0.747. The summed E-state index contributed by atoms with van der Waals surface area (Å²) >= 11 is 0. The maximum absolute atomic E-state index is 13.7. The van der Waals surface area contributed by atoms with E-state index in [0.717, 1.165) is 18.3 Å². The summed E-state index contributed by atoms with van der Waals surface area (Å²) in [5.74, 6) is 0.425. The van der Waals surface area contributed by atoms with Crippen molar-refractivity contribution in [2.45, 2.75) is 124 Å². The van der Waals surface area contributed by atoms with E-state index in [1.165, 1.54) is 0 Å². The van der Waals surface area contributed by atoms with E-state index < -0.39 is 36.1 Å². The maximum Gasteiger partial charge on any atom is 0.498 e. The number of nitrogens with one attached hydrogen (secondary N) is 1. The van der Waals surface area contributed by atoms with Crippen LogP contribution in [-0.2, 0) is 18.8 Å². The predicted molar refractivity (Wildman–Crippen MR) is 153 cm³/mol. The van der Waals surface area contributed by atoms with Crippen molar-refractivity contribution in [1.29, 1.82) is 0 Å². The lowest BCUT2D eigenvalue weighted by Gasteiger charge is -2.35. The Labute approximate surface area is 234 Å². The molecule has 0 unspecified atom stereocenters. The molecule has 218 valence electrons. The monoisotopic (exact) mass is 545 g/mol. The van der Waals surface area contributed by atoms with Crippen molar-refractivity contribution in [2.24, 2.45) is 5.92 Å². The van der Waals surface area contributed by atoms with Crippen molar-refractivity contribution >= 4 is 30.5 Å². The second-order valence-corrected chi connectivity index (χ2v) is 13.3. The summed E-state index contributed by atoms with van der Waals surface area (Å²) in [4.78, 5) is 39.5. The predicted octanol–water partition coefficient (Wildman–Crippen LogP) is 3.53. The highest BCUT2D eigenvalue weighted by atomic mass is 16.7. The normalized spacial score (nSPS) is 21.4. The molecule has 2 aliphatic rings. The van der Waals surface area contributed by atoms with Gasteiger partial charge in [0.25, 0.3) is 0 Å². The van der Waals surface area contributed by atoms with Gasteiger partial charge in [-0.1, -0.05) is 13.8 Å². The Kier molecular flexibility index (Phi) is 9.27. The number of carbonyl (C=O) groups is 2. The molecule has 3 rings (SSSR count). The molecule has 3 heterocycles. The third-order valence-corrected chi connectivity index (χ3v) is 7.74. The van der Waals surface area contributed by atoms with Crippen LogP contribution in [0.15, 0.2) is 12.4 Å². The number of likely N-dealkylation sites (tertiary alicyclic amines) is 1. The molecule has 1 aromatic rings. The van der Waals surface area contributed by atoms with E-state index in [4.69, 9.17) is 14.0 Å². The van der Waals surface area contributed by atoms with Crippen LogP contribution < -0.4 is 15.7 Å². The molecule has 2 atom stereocenters. The van der Waals surface area contributed by atoms with Gasteiger partial charge in [0.15, 0.2) is 0 Å². The summed E-state index contributed by atoms with van der Waals surface area (Å²) in [7, 11) is -0.523. The van der Waals surface area contributed by atoms with Gasteiger partial charge in [-0.25, -0.2) is 14.8 Å². The Morgan fingerprint density at radius 1 is 1.13 bits per heavy atom. The fraction of sp³-hybridized carbons (Fsp3) is 0.786. The van der Waals surface area contributed by atoms with Gasteiger partial charge in [0.05, 0.1) is 11.2 Å². The SMILES string of the molecule is CC(C)[C@H](NC(=O)OC(C)(C)C)C(=O)N1CCC[C@@H]1CN(c1ncc(B2OC(C)(C)C(C)(C)O2)cn1)C(C)C. The molecular weight excluding hydrogens is 497 g/mol. The van der Waals surface area contributed by atoms with Crippen molar-refractivity contribution in [1.82, 2.24) is 20.2 Å². The smallest absolute Gasteiger partial charge is 0.444 e. The highest BCUT2D eigenvalue weighted by Gasteiger charge is 2.52. The van der Waals surface area contributed by atoms with Crippen molar-refractivity contribution in [3.8, 4) is 0 Å². The summed E-state index contributed by atoms with van der Waals surface area (Å²) in [6.45, 7) is 22.8. The first-order chi connectivity index (χ1) is 17.9. The molecule has 39 heavy (non-hydrogen) atoms. The second kappa shape index (κ2) is 11.6. The zero-order valence-corrected chi connectivity index (χ0v) is 25.7. The topological polar surface area (TPSA) is 106 Å². The third kappa shape index (κ3) is 7.42. The number of carbonyl (C=O) groups excluding carboxylic acids is 2. The number of nitrogens with zero attached hydrogens (tertiary/aromatic N) is 4. The third-order valence-electron chi connectivity index (χ3n) is 7.74. The minimum atomic E-state index is -0.664. The molecule has 0 aliphatic carbocycles. The average Bonchev–Trinajstić information content (AvgIpc) is 3.35. The molecular formula is C28H48BN5O5. The van der Waals surface area contributed by atoms with E-state index in [-0.39, 0.29) is 23.9 Å². The Morgan fingerprint density at radius 2 is 1.69 bits per heavy atom. The van der Waals surface area contributed by atoms with E-state index in [1.807, 2.05) is 46.4 Å². The van der Waals surface area contributed by atoms with Crippen LogP contribution in [0.2, 0.25) is 0 Å². The minimum Gasteiger partial charge on any atom is -0.444 e. The molecule has 2 fully saturated rings. The molecule has 0 radical (unpaired) electrons. The molecule has 2 aliphatic heterocycles. The van der Waals surface area contributed by atoms with Gasteiger partial charge in [0.2, 0.25) is 11.9 Å². The van der Waals surface area contributed by atoms with Crippen LogP contribution in [0.5, 0.6) is 0 Å². The van der Waals surface area contributed by atoms with Crippen molar-refractivity contribution < 1.29 is 23.6 Å². The van der Waals surface area contributed by atoms with Gasteiger partial charge >= 0.3 is 13.2 Å². The van der Waals surface area contributed by atoms with Crippen LogP contribution in [-0.4, -0.2) is 82.0 Å². The van der Waals surface area contributed by atoms with E-state index in [2.05, 4.69) is 34.0 Å². The Hall–Kier alpha value is -2.40. The number of alkyl carbamates (subject to hydrolysis) is 1. The number of aromatic nitrogens is 2. The molecule has 0 spiro atoms. The molecule has 1 N–H and O–H groups in total. The number of ether oxygens (including phenoxy) is 1. The van der Waals surface area contributed by atoms with Crippen LogP contribution in [0.25, 0.3) is 0 Å². The lowest BCUT2D eigenvalue weighted by Crippen LogP contribution is -2.55. The van der Waals surface area contributed by atoms with E-state index in [0.29, 0.717) is 19.0 Å². The second-order valence-electron chi connectivity index (χ2n) is 13.3. The summed E-state index contributed by atoms with van der Waals surface area (Å²) in [6.07, 6.45) is 4.72. The highest BCUT2D eigenvalue weighted by Crippen LogP contribution is 2.36. The quantitative estimate of drug-likeness (QED) is 0.495. The van der Waals surface area contributed by atoms with Crippen LogP contribution in [0.3, 0.4) is 0 Å². The van der Waals surface area contributed by atoms with Crippen LogP contribution >= 0.6 is 0 Å². The first-order valence-corrected chi connectivity index (χ1v) is 14.2. The molecule has 2 amide bonds. The Balaban J connectivity index is 1.72. The number of anilines is 1. The largest absolute Gasteiger partial charge is 0.498 e. The van der Waals surface area contributed by atoms with Gasteiger partial charge in [0, 0.05) is 43.0 Å². The molecule has 0 saturated carbocycles. The van der Waals surface area contributed by atoms with E-state index in [9.17, 15) is 9.59 Å². The Bertz CT molecular complexity index is 993. The van der Waals surface area contributed by atoms with Gasteiger partial charge in [-0.05, 0) is 81.1 Å². The van der Waals surface area contributed by atoms with Crippen molar-refractivity contribution in [3.63, 3.8) is 0 Å². The lowest BCUT2D eigenvalue weighted by molar-refractivity contribution is -0.135. The number of hydrogen-bond donors (Lipinski definition) is 1. The first kappa shape index (κ1) is 31.1. The van der Waals surface area contributed by atoms with E-state index >= 15 is 0 Å². The van der Waals surface area contributed by atoms with Gasteiger partial charge in [-0.15, -0.1) is 0 Å². The number of hydrogen-bond acceptors (Lipinski definition) is 8. The molecule has 0 aromatic carbocycles. The van der Waals surface area contributed by atoms with Crippen LogP contribution in [0, 0.1) is 5.92 Å². The van der Waals surface area contributed by atoms with Gasteiger partial charge in [-0.3, -0.25) is 4.79 Å². The zero-order valence-electron chi connectivity index (χ0n) is 25.7. The van der Waals surface area contributed by atoms with Gasteiger partial charge < -0.3 is 29.2 Å². The molecule has 11 heteroatoms. The van der Waals surface area contributed by atoms with Gasteiger partial charge in [-0.2, -0.15) is 0 Å². The summed E-state index contributed by atoms with van der Waals surface area (Å²) in [5, 5.41) is 2.81. The molecule has 0 bridgehead atoms. The fourth-order valence-electron chi connectivity index (χ4n) is 4.77. The van der Waals surface area contributed by atoms with Crippen molar-refractivity contribution in [3.05, 3.63) is 12.4 Å². The summed E-state index contributed by atoms with van der Waals surface area (Å²) < 4.78 is 17.7. The minimum absolute atomic E-state index is 0.0204. The molecule has 10 nitrogen and oxygen atoms in total. The lowest BCUT2D eigenvalue weighted by atomic mass is 9.81. The first-order valence-electron chi connectivity index (χ1n) is 14.2. The average molecular weight is 546 g/mol. The van der Waals surface area contributed by atoms with E-state index in [1.54, 1.807) is 33.2 Å². The fourth-order valence-corrected chi connectivity index (χ4v) is 4.77. The molecule has 2 saturated heterocycles. The van der Waals surface area contributed by atoms with Crippen LogP contribution in [0.4, 0.5) is 10.7 Å². The summed E-state index contributed by atoms with van der Waals surface area (Å²) in [6, 6.07) is -0.567. The maximum atomic E-state index is 13.7. The Morgan fingerprint density at radius 3 is 2.18 bits per heavy atom.